The molecule has 5 nitrogen and oxygen atoms in total. The van der Waals surface area contributed by atoms with Crippen LogP contribution in [-0.2, 0) is 10.0 Å². The van der Waals surface area contributed by atoms with Gasteiger partial charge in [-0.3, -0.25) is 0 Å². The van der Waals surface area contributed by atoms with Gasteiger partial charge in [-0.15, -0.1) is 0 Å². The van der Waals surface area contributed by atoms with E-state index in [-0.39, 0.29) is 4.90 Å². The molecule has 0 fully saturated rings. The predicted molar refractivity (Wildman–Crippen MR) is 133 cm³/mol. The highest BCUT2D eigenvalue weighted by Gasteiger charge is 2.24. The number of aliphatic hydroxyl groups excluding tert-OH is 1. The van der Waals surface area contributed by atoms with Gasteiger partial charge < -0.3 is 9.84 Å². The normalized spacial score (nSPS) is 12.5. The molecule has 0 aliphatic heterocycles. The highest BCUT2D eigenvalue weighted by molar-refractivity contribution is 7.90. The van der Waals surface area contributed by atoms with E-state index in [0.717, 1.165) is 10.9 Å². The molecule has 0 saturated heterocycles. The largest absolute Gasteiger partial charge is 0.497 e. The minimum absolute atomic E-state index is 0.215. The minimum Gasteiger partial charge on any atom is -0.497 e. The van der Waals surface area contributed by atoms with Gasteiger partial charge in [0.15, 0.2) is 0 Å². The third-order valence-electron chi connectivity index (χ3n) is 5.88. The van der Waals surface area contributed by atoms with Crippen molar-refractivity contribution in [2.24, 2.45) is 0 Å². The second kappa shape index (κ2) is 8.82. The van der Waals surface area contributed by atoms with E-state index in [1.807, 2.05) is 60.7 Å². The van der Waals surface area contributed by atoms with Crippen molar-refractivity contribution in [2.45, 2.75) is 11.0 Å². The van der Waals surface area contributed by atoms with Crippen molar-refractivity contribution >= 4 is 20.9 Å². The van der Waals surface area contributed by atoms with Gasteiger partial charge in [0.1, 0.15) is 11.9 Å². The van der Waals surface area contributed by atoms with Crippen LogP contribution in [0.1, 0.15) is 17.2 Å². The number of hydrogen-bond acceptors (Lipinski definition) is 4. The minimum atomic E-state index is -3.85. The van der Waals surface area contributed by atoms with Gasteiger partial charge in [-0.05, 0) is 59.2 Å². The van der Waals surface area contributed by atoms with E-state index in [2.05, 4.69) is 0 Å². The number of aromatic nitrogens is 1. The van der Waals surface area contributed by atoms with Crippen molar-refractivity contribution in [2.75, 3.05) is 7.11 Å². The van der Waals surface area contributed by atoms with Crippen LogP contribution in [0.4, 0.5) is 0 Å². The number of aliphatic hydroxyl groups is 1. The SMILES string of the molecule is COc1ccc(C(O)c2cccc(-c3cc4ccccc4n3S(=O)(=O)c3ccccc3)c2)cc1. The van der Waals surface area contributed by atoms with Crippen molar-refractivity contribution in [3.8, 4) is 17.0 Å². The number of ether oxygens (including phenoxy) is 1. The van der Waals surface area contributed by atoms with E-state index in [1.54, 1.807) is 55.6 Å². The van der Waals surface area contributed by atoms with Gasteiger partial charge in [0.2, 0.25) is 0 Å². The molecule has 0 amide bonds. The highest BCUT2D eigenvalue weighted by Crippen LogP contribution is 2.34. The number of fused-ring (bicyclic) bond motifs is 1. The molecule has 1 atom stereocenters. The third-order valence-corrected chi connectivity index (χ3v) is 7.62. The van der Waals surface area contributed by atoms with Crippen LogP contribution in [0.2, 0.25) is 0 Å². The van der Waals surface area contributed by atoms with Crippen LogP contribution in [0.15, 0.2) is 114 Å². The maximum atomic E-state index is 13.7. The van der Waals surface area contributed by atoms with E-state index in [1.165, 1.54) is 3.97 Å². The molecular weight excluding hydrogens is 446 g/mol. The molecule has 0 spiro atoms. The topological polar surface area (TPSA) is 68.5 Å². The maximum Gasteiger partial charge on any atom is 0.268 e. The molecule has 34 heavy (non-hydrogen) atoms. The van der Waals surface area contributed by atoms with Gasteiger partial charge >= 0.3 is 0 Å². The van der Waals surface area contributed by atoms with Gasteiger partial charge in [0.25, 0.3) is 10.0 Å². The molecule has 5 aromatic rings. The van der Waals surface area contributed by atoms with E-state index in [4.69, 9.17) is 4.74 Å². The Hall–Kier alpha value is -3.87. The van der Waals surface area contributed by atoms with Crippen LogP contribution in [0.5, 0.6) is 5.75 Å². The average molecular weight is 470 g/mol. The number of hydrogen-bond donors (Lipinski definition) is 1. The van der Waals surface area contributed by atoms with E-state index in [0.29, 0.717) is 28.1 Å². The summed E-state index contributed by atoms with van der Waals surface area (Å²) in [5.41, 5.74) is 3.21. The lowest BCUT2D eigenvalue weighted by Crippen LogP contribution is -2.14. The first-order valence-electron chi connectivity index (χ1n) is 10.8. The standard InChI is InChI=1S/C28H23NO4S/c1-33-24-16-14-20(15-17-24)28(30)23-10-7-9-21(18-23)27-19-22-8-5-6-13-26(22)29(27)34(31,32)25-11-3-2-4-12-25/h2-19,28,30H,1H3. The zero-order valence-electron chi connectivity index (χ0n) is 18.5. The summed E-state index contributed by atoms with van der Waals surface area (Å²) in [5, 5.41) is 11.8. The molecular formula is C28H23NO4S. The zero-order chi connectivity index (χ0) is 23.7. The molecule has 0 aliphatic rings. The van der Waals surface area contributed by atoms with E-state index < -0.39 is 16.1 Å². The summed E-state index contributed by atoms with van der Waals surface area (Å²) in [4.78, 5) is 0.215. The molecule has 1 unspecified atom stereocenters. The lowest BCUT2D eigenvalue weighted by molar-refractivity contribution is 0.220. The Balaban J connectivity index is 1.65. The van der Waals surface area contributed by atoms with Gasteiger partial charge in [0, 0.05) is 5.39 Å². The molecule has 0 saturated carbocycles. The molecule has 1 heterocycles. The summed E-state index contributed by atoms with van der Waals surface area (Å²) < 4.78 is 34.0. The van der Waals surface area contributed by atoms with E-state index >= 15 is 0 Å². The summed E-state index contributed by atoms with van der Waals surface area (Å²) in [5.74, 6) is 0.709. The van der Waals surface area contributed by atoms with Crippen LogP contribution in [-0.4, -0.2) is 24.6 Å². The van der Waals surface area contributed by atoms with Crippen LogP contribution < -0.4 is 4.74 Å². The first kappa shape index (κ1) is 21.9. The summed E-state index contributed by atoms with van der Waals surface area (Å²) in [6.07, 6.45) is -0.866. The Morgan fingerprint density at radius 3 is 2.21 bits per heavy atom. The third kappa shape index (κ3) is 3.87. The molecule has 170 valence electrons. The van der Waals surface area contributed by atoms with Crippen molar-refractivity contribution in [3.05, 3.63) is 120 Å². The first-order chi connectivity index (χ1) is 16.5. The average Bonchev–Trinajstić information content (AvgIpc) is 3.29. The summed E-state index contributed by atoms with van der Waals surface area (Å²) >= 11 is 0. The molecule has 1 aromatic heterocycles. The van der Waals surface area contributed by atoms with E-state index in [9.17, 15) is 13.5 Å². The molecule has 5 rings (SSSR count). The summed E-state index contributed by atoms with van der Waals surface area (Å²) in [6.45, 7) is 0. The lowest BCUT2D eigenvalue weighted by Gasteiger charge is -2.15. The fraction of sp³-hybridized carbons (Fsp3) is 0.0714. The van der Waals surface area contributed by atoms with Gasteiger partial charge in [0.05, 0.1) is 23.2 Å². The van der Waals surface area contributed by atoms with Crippen LogP contribution >= 0.6 is 0 Å². The number of rotatable bonds is 6. The van der Waals surface area contributed by atoms with Crippen molar-refractivity contribution in [1.29, 1.82) is 0 Å². The lowest BCUT2D eigenvalue weighted by atomic mass is 9.99. The monoisotopic (exact) mass is 469 g/mol. The Kier molecular flexibility index (Phi) is 5.69. The summed E-state index contributed by atoms with van der Waals surface area (Å²) in [7, 11) is -2.26. The highest BCUT2D eigenvalue weighted by atomic mass is 32.2. The van der Waals surface area contributed by atoms with Crippen LogP contribution in [0.25, 0.3) is 22.2 Å². The Labute approximate surface area is 198 Å². The second-order valence-corrected chi connectivity index (χ2v) is 9.76. The Bertz CT molecular complexity index is 1560. The molecule has 6 heteroatoms. The number of benzene rings is 4. The quantitative estimate of drug-likeness (QED) is 0.350. The van der Waals surface area contributed by atoms with Gasteiger partial charge in [-0.1, -0.05) is 66.7 Å². The van der Waals surface area contributed by atoms with Crippen molar-refractivity contribution < 1.29 is 18.3 Å². The van der Waals surface area contributed by atoms with Gasteiger partial charge in [-0.2, -0.15) is 0 Å². The zero-order valence-corrected chi connectivity index (χ0v) is 19.3. The first-order valence-corrected chi connectivity index (χ1v) is 12.3. The van der Waals surface area contributed by atoms with Crippen molar-refractivity contribution in [3.63, 3.8) is 0 Å². The van der Waals surface area contributed by atoms with Crippen LogP contribution in [0.3, 0.4) is 0 Å². The van der Waals surface area contributed by atoms with Crippen LogP contribution in [0, 0.1) is 0 Å². The number of nitrogens with zero attached hydrogens (tertiary/aromatic N) is 1. The Morgan fingerprint density at radius 2 is 1.47 bits per heavy atom. The molecule has 0 bridgehead atoms. The predicted octanol–water partition coefficient (Wildman–Crippen LogP) is 5.64. The second-order valence-electron chi connectivity index (χ2n) is 7.97. The fourth-order valence-corrected chi connectivity index (χ4v) is 5.69. The fourth-order valence-electron chi connectivity index (χ4n) is 4.13. The molecule has 0 radical (unpaired) electrons. The molecule has 1 N–H and O–H groups in total. The smallest absolute Gasteiger partial charge is 0.268 e. The Morgan fingerprint density at radius 1 is 0.765 bits per heavy atom. The van der Waals surface area contributed by atoms with Gasteiger partial charge in [-0.25, -0.2) is 12.4 Å². The number of para-hydroxylation sites is 1. The number of methoxy groups -OCH3 is 1. The maximum absolute atomic E-state index is 13.7. The van der Waals surface area contributed by atoms with Crippen molar-refractivity contribution in [1.82, 2.24) is 3.97 Å². The summed E-state index contributed by atoms with van der Waals surface area (Å²) in [6, 6.07) is 32.3. The molecule has 4 aromatic carbocycles. The molecule has 0 aliphatic carbocycles.